The molecule has 0 bridgehead atoms. The minimum Gasteiger partial charge on any atom is -0.381 e. The van der Waals surface area contributed by atoms with Gasteiger partial charge in [-0.2, -0.15) is 0 Å². The van der Waals surface area contributed by atoms with E-state index < -0.39 is 0 Å². The fourth-order valence-electron chi connectivity index (χ4n) is 3.88. The van der Waals surface area contributed by atoms with Gasteiger partial charge < -0.3 is 14.5 Å². The van der Waals surface area contributed by atoms with Crippen molar-refractivity contribution >= 4 is 17.7 Å². The summed E-state index contributed by atoms with van der Waals surface area (Å²) in [6, 6.07) is 11.0. The van der Waals surface area contributed by atoms with Crippen molar-refractivity contribution in [2.75, 3.05) is 39.0 Å². The first-order valence-electron chi connectivity index (χ1n) is 9.42. The third-order valence-electron chi connectivity index (χ3n) is 5.48. The number of carbonyl (C=O) groups is 1. The average Bonchev–Trinajstić information content (AvgIpc) is 2.69. The summed E-state index contributed by atoms with van der Waals surface area (Å²) in [5.41, 5.74) is 1.29. The number of thioether (sulfide) groups is 1. The van der Waals surface area contributed by atoms with Crippen LogP contribution in [0.5, 0.6) is 0 Å². The van der Waals surface area contributed by atoms with Gasteiger partial charge in [0.15, 0.2) is 0 Å². The van der Waals surface area contributed by atoms with Crippen molar-refractivity contribution in [1.29, 1.82) is 0 Å². The van der Waals surface area contributed by atoms with Gasteiger partial charge in [-0.05, 0) is 31.2 Å². The highest BCUT2D eigenvalue weighted by Gasteiger charge is 2.29. The minimum atomic E-state index is 0.303. The Morgan fingerprint density at radius 2 is 1.76 bits per heavy atom. The molecule has 2 heterocycles. The molecule has 138 valence electrons. The van der Waals surface area contributed by atoms with Crippen LogP contribution in [0.25, 0.3) is 0 Å². The first kappa shape index (κ1) is 18.7. The van der Waals surface area contributed by atoms with Gasteiger partial charge in [-0.25, -0.2) is 0 Å². The van der Waals surface area contributed by atoms with E-state index in [1.54, 1.807) is 11.8 Å². The Morgan fingerprint density at radius 1 is 1.08 bits per heavy atom. The van der Waals surface area contributed by atoms with Gasteiger partial charge in [-0.15, -0.1) is 11.8 Å². The summed E-state index contributed by atoms with van der Waals surface area (Å²) < 4.78 is 5.46. The molecule has 2 fully saturated rings. The molecule has 2 aliphatic heterocycles. The van der Waals surface area contributed by atoms with Crippen molar-refractivity contribution in [2.45, 2.75) is 43.6 Å². The second-order valence-electron chi connectivity index (χ2n) is 7.06. The van der Waals surface area contributed by atoms with E-state index in [1.807, 2.05) is 13.2 Å². The van der Waals surface area contributed by atoms with E-state index in [4.69, 9.17) is 4.74 Å². The van der Waals surface area contributed by atoms with Crippen LogP contribution in [0, 0.1) is 0 Å². The molecule has 0 spiro atoms. The predicted molar refractivity (Wildman–Crippen MR) is 104 cm³/mol. The highest BCUT2D eigenvalue weighted by atomic mass is 32.2. The van der Waals surface area contributed by atoms with Crippen LogP contribution in [0.15, 0.2) is 30.3 Å². The topological polar surface area (TPSA) is 32.8 Å². The van der Waals surface area contributed by atoms with E-state index in [2.05, 4.69) is 34.1 Å². The lowest BCUT2D eigenvalue weighted by Gasteiger charge is -2.41. The molecule has 1 aromatic rings. The van der Waals surface area contributed by atoms with Crippen molar-refractivity contribution < 1.29 is 9.53 Å². The van der Waals surface area contributed by atoms with Crippen molar-refractivity contribution in [3.63, 3.8) is 0 Å². The van der Waals surface area contributed by atoms with Gasteiger partial charge in [0.1, 0.15) is 0 Å². The van der Waals surface area contributed by atoms with Crippen LogP contribution < -0.4 is 0 Å². The fourth-order valence-corrected chi connectivity index (χ4v) is 4.77. The number of ether oxygens (including phenoxy) is 1. The van der Waals surface area contributed by atoms with E-state index in [-0.39, 0.29) is 0 Å². The maximum absolute atomic E-state index is 12.4. The third-order valence-corrected chi connectivity index (χ3v) is 6.47. The monoisotopic (exact) mass is 362 g/mol. The van der Waals surface area contributed by atoms with E-state index in [0.717, 1.165) is 57.6 Å². The van der Waals surface area contributed by atoms with Crippen molar-refractivity contribution in [3.05, 3.63) is 35.9 Å². The van der Waals surface area contributed by atoms with Crippen molar-refractivity contribution in [2.24, 2.45) is 0 Å². The number of methoxy groups -OCH3 is 1. The first-order chi connectivity index (χ1) is 12.3. The molecule has 0 atom stereocenters. The summed E-state index contributed by atoms with van der Waals surface area (Å²) in [6.07, 6.45) is 4.97. The zero-order valence-corrected chi connectivity index (χ0v) is 16.0. The Morgan fingerprint density at radius 3 is 2.40 bits per heavy atom. The van der Waals surface area contributed by atoms with Gasteiger partial charge >= 0.3 is 0 Å². The maximum atomic E-state index is 12.4. The second-order valence-corrected chi connectivity index (χ2v) is 8.05. The Kier molecular flexibility index (Phi) is 7.20. The summed E-state index contributed by atoms with van der Waals surface area (Å²) in [6.45, 7) is 4.12. The molecule has 0 aromatic heterocycles. The van der Waals surface area contributed by atoms with Crippen LogP contribution in [-0.2, 0) is 15.3 Å². The number of piperidine rings is 2. The van der Waals surface area contributed by atoms with Crippen LogP contribution in [0.4, 0.5) is 0 Å². The van der Waals surface area contributed by atoms with E-state index in [1.165, 1.54) is 5.56 Å². The van der Waals surface area contributed by atoms with Gasteiger partial charge in [-0.1, -0.05) is 30.3 Å². The number of nitrogens with zero attached hydrogens (tertiary/aromatic N) is 2. The Labute approximate surface area is 155 Å². The molecule has 5 heteroatoms. The third kappa shape index (κ3) is 5.47. The Balaban J connectivity index is 1.35. The average molecular weight is 363 g/mol. The molecule has 0 aliphatic carbocycles. The van der Waals surface area contributed by atoms with Gasteiger partial charge in [0.05, 0.1) is 11.9 Å². The molecule has 1 aromatic carbocycles. The smallest absolute Gasteiger partial charge is 0.232 e. The quantitative estimate of drug-likeness (QED) is 0.779. The molecular formula is C20H30N2O2S. The van der Waals surface area contributed by atoms with Crippen LogP contribution in [-0.4, -0.2) is 66.9 Å². The highest BCUT2D eigenvalue weighted by Crippen LogP contribution is 2.23. The van der Waals surface area contributed by atoms with E-state index in [9.17, 15) is 4.79 Å². The number of amides is 1. The van der Waals surface area contributed by atoms with Crippen LogP contribution in [0.1, 0.15) is 31.2 Å². The van der Waals surface area contributed by atoms with Gasteiger partial charge in [0, 0.05) is 45.1 Å². The standard InChI is InChI=1S/C20H30N2O2S/c1-24-19-9-13-21(14-10-19)18-7-11-22(12-8-18)20(23)16-25-15-17-5-3-2-4-6-17/h2-6,18-19H,7-16H2,1H3. The molecule has 1 amide bonds. The lowest BCUT2D eigenvalue weighted by molar-refractivity contribution is -0.130. The van der Waals surface area contributed by atoms with Crippen LogP contribution in [0.3, 0.4) is 0 Å². The molecule has 25 heavy (non-hydrogen) atoms. The number of rotatable bonds is 6. The molecule has 0 radical (unpaired) electrons. The van der Waals surface area contributed by atoms with Crippen LogP contribution in [0.2, 0.25) is 0 Å². The van der Waals surface area contributed by atoms with E-state index in [0.29, 0.717) is 23.8 Å². The highest BCUT2D eigenvalue weighted by molar-refractivity contribution is 7.99. The van der Waals surface area contributed by atoms with Crippen molar-refractivity contribution in [3.8, 4) is 0 Å². The molecule has 0 saturated carbocycles. The van der Waals surface area contributed by atoms with Crippen LogP contribution >= 0.6 is 11.8 Å². The minimum absolute atomic E-state index is 0.303. The molecule has 2 saturated heterocycles. The molecule has 0 N–H and O–H groups in total. The molecule has 3 rings (SSSR count). The zero-order chi connectivity index (χ0) is 17.5. The van der Waals surface area contributed by atoms with Gasteiger partial charge in [0.25, 0.3) is 0 Å². The number of likely N-dealkylation sites (tertiary alicyclic amines) is 2. The number of carbonyl (C=O) groups excluding carboxylic acids is 1. The lowest BCUT2D eigenvalue weighted by Crippen LogP contribution is -2.50. The lowest BCUT2D eigenvalue weighted by atomic mass is 9.99. The summed E-state index contributed by atoms with van der Waals surface area (Å²) in [5.74, 6) is 1.81. The van der Waals surface area contributed by atoms with E-state index >= 15 is 0 Å². The zero-order valence-electron chi connectivity index (χ0n) is 15.2. The summed E-state index contributed by atoms with van der Waals surface area (Å²) in [4.78, 5) is 17.1. The number of hydrogen-bond acceptors (Lipinski definition) is 4. The maximum Gasteiger partial charge on any atom is 0.232 e. The summed E-state index contributed by atoms with van der Waals surface area (Å²) >= 11 is 1.72. The normalized spacial score (nSPS) is 20.8. The molecular weight excluding hydrogens is 332 g/mol. The number of hydrogen-bond donors (Lipinski definition) is 0. The SMILES string of the molecule is COC1CCN(C2CCN(C(=O)CSCc3ccccc3)CC2)CC1. The Bertz CT molecular complexity index is 524. The summed E-state index contributed by atoms with van der Waals surface area (Å²) in [7, 11) is 1.82. The molecule has 0 unspecified atom stereocenters. The van der Waals surface area contributed by atoms with Crippen molar-refractivity contribution in [1.82, 2.24) is 9.80 Å². The molecule has 4 nitrogen and oxygen atoms in total. The predicted octanol–water partition coefficient (Wildman–Crippen LogP) is 3.02. The first-order valence-corrected chi connectivity index (χ1v) is 10.6. The molecule has 2 aliphatic rings. The number of benzene rings is 1. The largest absolute Gasteiger partial charge is 0.381 e. The van der Waals surface area contributed by atoms with Gasteiger partial charge in [0.2, 0.25) is 5.91 Å². The summed E-state index contributed by atoms with van der Waals surface area (Å²) in [5, 5.41) is 0. The second kappa shape index (κ2) is 9.60. The van der Waals surface area contributed by atoms with Gasteiger partial charge in [-0.3, -0.25) is 4.79 Å². The fraction of sp³-hybridized carbons (Fsp3) is 0.650. The Hall–Kier alpha value is -1.04.